The van der Waals surface area contributed by atoms with Gasteiger partial charge < -0.3 is 9.64 Å². The van der Waals surface area contributed by atoms with E-state index < -0.39 is 6.36 Å². The third kappa shape index (κ3) is 4.21. The van der Waals surface area contributed by atoms with Gasteiger partial charge in [0.2, 0.25) is 0 Å². The number of amides is 1. The Kier molecular flexibility index (Phi) is 5.56. The molecular formula is C23H20F3NO2S. The second-order valence-electron chi connectivity index (χ2n) is 7.25. The Morgan fingerprint density at radius 2 is 1.83 bits per heavy atom. The van der Waals surface area contributed by atoms with Gasteiger partial charge in [-0.2, -0.15) is 0 Å². The molecule has 156 valence electrons. The fourth-order valence-electron chi connectivity index (χ4n) is 3.94. The normalized spacial score (nSPS) is 16.7. The van der Waals surface area contributed by atoms with E-state index in [-0.39, 0.29) is 17.7 Å². The summed E-state index contributed by atoms with van der Waals surface area (Å²) in [6, 6.07) is 15.5. The summed E-state index contributed by atoms with van der Waals surface area (Å²) in [7, 11) is 0. The van der Waals surface area contributed by atoms with Gasteiger partial charge in [0, 0.05) is 6.54 Å². The molecule has 0 bridgehead atoms. The molecule has 1 aliphatic heterocycles. The van der Waals surface area contributed by atoms with E-state index >= 15 is 0 Å². The number of aryl methyl sites for hydroxylation is 1. The Morgan fingerprint density at radius 1 is 1.10 bits per heavy atom. The van der Waals surface area contributed by atoms with Crippen LogP contribution in [0.25, 0.3) is 11.1 Å². The number of benzene rings is 2. The van der Waals surface area contributed by atoms with E-state index in [2.05, 4.69) is 4.74 Å². The third-order valence-corrected chi connectivity index (χ3v) is 6.29. The summed E-state index contributed by atoms with van der Waals surface area (Å²) in [5, 5.41) is 1.92. The molecule has 0 aliphatic carbocycles. The zero-order valence-electron chi connectivity index (χ0n) is 16.3. The summed E-state index contributed by atoms with van der Waals surface area (Å²) in [4.78, 5) is 15.8. The molecule has 1 saturated heterocycles. The average Bonchev–Trinajstić information content (AvgIpc) is 3.36. The molecule has 1 amide bonds. The molecule has 0 unspecified atom stereocenters. The molecule has 0 saturated carbocycles. The molecule has 0 spiro atoms. The van der Waals surface area contributed by atoms with E-state index in [1.54, 1.807) is 12.1 Å². The Labute approximate surface area is 176 Å². The molecule has 2 aromatic carbocycles. The number of alkyl halides is 3. The number of nitrogens with zero attached hydrogens (tertiary/aromatic N) is 1. The van der Waals surface area contributed by atoms with Gasteiger partial charge in [0.25, 0.3) is 5.91 Å². The van der Waals surface area contributed by atoms with Crippen LogP contribution in [0.1, 0.15) is 39.7 Å². The monoisotopic (exact) mass is 431 g/mol. The lowest BCUT2D eigenvalue weighted by atomic mass is 9.93. The van der Waals surface area contributed by atoms with Crippen LogP contribution in [0.5, 0.6) is 5.75 Å². The van der Waals surface area contributed by atoms with Crippen LogP contribution >= 0.6 is 11.3 Å². The van der Waals surface area contributed by atoms with Gasteiger partial charge in [-0.25, -0.2) is 0 Å². The van der Waals surface area contributed by atoms with E-state index in [1.807, 2.05) is 47.5 Å². The Bertz CT molecular complexity index is 1040. The van der Waals surface area contributed by atoms with Gasteiger partial charge in [0.1, 0.15) is 5.75 Å². The minimum atomic E-state index is -4.72. The van der Waals surface area contributed by atoms with Crippen molar-refractivity contribution in [2.75, 3.05) is 6.54 Å². The lowest BCUT2D eigenvalue weighted by Crippen LogP contribution is -2.30. The number of thiophene rings is 1. The maximum atomic E-state index is 13.2. The van der Waals surface area contributed by atoms with Crippen LogP contribution in [0.4, 0.5) is 13.2 Å². The Hall–Kier alpha value is -2.80. The summed E-state index contributed by atoms with van der Waals surface area (Å²) in [5.41, 5.74) is 3.67. The predicted octanol–water partition coefficient (Wildman–Crippen LogP) is 6.60. The highest BCUT2D eigenvalue weighted by Gasteiger charge is 2.33. The second-order valence-corrected chi connectivity index (χ2v) is 8.16. The Balaban J connectivity index is 1.64. The zero-order chi connectivity index (χ0) is 21.3. The van der Waals surface area contributed by atoms with Crippen LogP contribution < -0.4 is 4.74 Å². The lowest BCUT2D eigenvalue weighted by molar-refractivity contribution is -0.274. The summed E-state index contributed by atoms with van der Waals surface area (Å²) in [6.07, 6.45) is -2.96. The number of likely N-dealkylation sites (tertiary alicyclic amines) is 1. The van der Waals surface area contributed by atoms with Crippen LogP contribution in [0.2, 0.25) is 0 Å². The van der Waals surface area contributed by atoms with Gasteiger partial charge in [0.15, 0.2) is 0 Å². The number of hydrogen-bond acceptors (Lipinski definition) is 3. The molecule has 3 aromatic rings. The summed E-state index contributed by atoms with van der Waals surface area (Å²) in [6.45, 7) is 2.63. The molecule has 7 heteroatoms. The van der Waals surface area contributed by atoms with Crippen molar-refractivity contribution in [1.82, 2.24) is 4.90 Å². The maximum Gasteiger partial charge on any atom is 0.573 e. The molecule has 30 heavy (non-hydrogen) atoms. The molecule has 0 radical (unpaired) electrons. The zero-order valence-corrected chi connectivity index (χ0v) is 17.1. The van der Waals surface area contributed by atoms with Gasteiger partial charge in [-0.3, -0.25) is 4.79 Å². The number of carbonyl (C=O) groups is 1. The van der Waals surface area contributed by atoms with Crippen molar-refractivity contribution in [3.8, 4) is 16.9 Å². The molecular weight excluding hydrogens is 411 g/mol. The van der Waals surface area contributed by atoms with Crippen LogP contribution in [0.3, 0.4) is 0 Å². The molecule has 1 aromatic heterocycles. The van der Waals surface area contributed by atoms with E-state index in [9.17, 15) is 18.0 Å². The molecule has 1 atom stereocenters. The second kappa shape index (κ2) is 8.14. The summed E-state index contributed by atoms with van der Waals surface area (Å²) >= 11 is 1.45. The van der Waals surface area contributed by atoms with Crippen molar-refractivity contribution < 1.29 is 22.7 Å². The molecule has 2 heterocycles. The van der Waals surface area contributed by atoms with Gasteiger partial charge >= 0.3 is 6.36 Å². The first-order chi connectivity index (χ1) is 14.3. The van der Waals surface area contributed by atoms with E-state index in [0.29, 0.717) is 6.54 Å². The number of carbonyl (C=O) groups excluding carboxylic acids is 1. The van der Waals surface area contributed by atoms with Crippen LogP contribution in [-0.4, -0.2) is 23.7 Å². The first kappa shape index (κ1) is 20.5. The first-order valence-electron chi connectivity index (χ1n) is 9.63. The Morgan fingerprint density at radius 3 is 2.50 bits per heavy atom. The van der Waals surface area contributed by atoms with Gasteiger partial charge in [-0.1, -0.05) is 36.4 Å². The smallest absolute Gasteiger partial charge is 0.406 e. The standard InChI is InChI=1S/C23H20F3NO2S/c1-15-12-14-30-21(15)22(28)27-13-4-7-20(27)19-6-3-2-5-18(19)16-8-10-17(11-9-16)29-23(24,25)26/h2-3,5-6,8-12,14,20H,4,7,13H2,1H3/t20-/m0/s1. The SMILES string of the molecule is Cc1ccsc1C(=O)N1CCC[C@H]1c1ccccc1-c1ccc(OC(F)(F)F)cc1. The third-order valence-electron chi connectivity index (χ3n) is 5.29. The highest BCUT2D eigenvalue weighted by molar-refractivity contribution is 7.12. The maximum absolute atomic E-state index is 13.2. The minimum absolute atomic E-state index is 0.0359. The fraction of sp³-hybridized carbons (Fsp3) is 0.261. The molecule has 1 aliphatic rings. The van der Waals surface area contributed by atoms with Gasteiger partial charge in [-0.05, 0) is 65.6 Å². The fourth-order valence-corrected chi connectivity index (χ4v) is 4.82. The van der Waals surface area contributed by atoms with Crippen LogP contribution in [0, 0.1) is 6.92 Å². The first-order valence-corrected chi connectivity index (χ1v) is 10.5. The molecule has 1 fully saturated rings. The summed E-state index contributed by atoms with van der Waals surface area (Å²) in [5.74, 6) is -0.219. The van der Waals surface area contributed by atoms with Crippen LogP contribution in [-0.2, 0) is 0 Å². The largest absolute Gasteiger partial charge is 0.573 e. The topological polar surface area (TPSA) is 29.5 Å². The van der Waals surface area contributed by atoms with Crippen molar-refractivity contribution in [2.45, 2.75) is 32.2 Å². The van der Waals surface area contributed by atoms with E-state index in [1.165, 1.54) is 23.5 Å². The van der Waals surface area contributed by atoms with Gasteiger partial charge in [0.05, 0.1) is 10.9 Å². The number of hydrogen-bond donors (Lipinski definition) is 0. The predicted molar refractivity (Wildman–Crippen MR) is 111 cm³/mol. The van der Waals surface area contributed by atoms with Crippen molar-refractivity contribution >= 4 is 17.2 Å². The van der Waals surface area contributed by atoms with E-state index in [4.69, 9.17) is 0 Å². The van der Waals surface area contributed by atoms with Crippen molar-refractivity contribution in [3.63, 3.8) is 0 Å². The minimum Gasteiger partial charge on any atom is -0.406 e. The number of ether oxygens (including phenoxy) is 1. The summed E-state index contributed by atoms with van der Waals surface area (Å²) < 4.78 is 41.3. The van der Waals surface area contributed by atoms with Crippen molar-refractivity contribution in [1.29, 1.82) is 0 Å². The highest BCUT2D eigenvalue weighted by Crippen LogP contribution is 2.39. The quantitative estimate of drug-likeness (QED) is 0.466. The highest BCUT2D eigenvalue weighted by atomic mass is 32.1. The number of halogens is 3. The van der Waals surface area contributed by atoms with E-state index in [0.717, 1.165) is 40.0 Å². The molecule has 3 nitrogen and oxygen atoms in total. The van der Waals surface area contributed by atoms with Crippen molar-refractivity contribution in [2.24, 2.45) is 0 Å². The van der Waals surface area contributed by atoms with Crippen molar-refractivity contribution in [3.05, 3.63) is 76.0 Å². The molecule has 0 N–H and O–H groups in total. The average molecular weight is 431 g/mol. The van der Waals surface area contributed by atoms with Crippen LogP contribution in [0.15, 0.2) is 60.0 Å². The number of rotatable bonds is 4. The molecule has 4 rings (SSSR count). The van der Waals surface area contributed by atoms with Gasteiger partial charge in [-0.15, -0.1) is 24.5 Å². The lowest BCUT2D eigenvalue weighted by Gasteiger charge is -2.27.